The molecule has 5 heteroatoms. The molecule has 2 rings (SSSR count). The molecule has 0 saturated carbocycles. The first-order chi connectivity index (χ1) is 7.22. The van der Waals surface area contributed by atoms with Crippen LogP contribution in [0, 0.1) is 0 Å². The van der Waals surface area contributed by atoms with Gasteiger partial charge in [0.1, 0.15) is 6.29 Å². The van der Waals surface area contributed by atoms with Crippen molar-refractivity contribution in [3.63, 3.8) is 0 Å². The lowest BCUT2D eigenvalue weighted by Gasteiger charge is -2.02. The van der Waals surface area contributed by atoms with E-state index < -0.39 is 0 Å². The Kier molecular flexibility index (Phi) is 2.51. The lowest BCUT2D eigenvalue weighted by Crippen LogP contribution is -2.21. The molecule has 1 heterocycles. The van der Waals surface area contributed by atoms with Gasteiger partial charge in [-0.2, -0.15) is 0 Å². The fourth-order valence-electron chi connectivity index (χ4n) is 1.34. The molecule has 0 saturated heterocycles. The minimum atomic E-state index is -0.255. The highest BCUT2D eigenvalue weighted by Gasteiger charge is 2.03. The Balaban J connectivity index is 2.76. The molecule has 1 aromatic carbocycles. The molecule has 76 valence electrons. The number of hydrogen-bond acceptors (Lipinski definition) is 3. The Morgan fingerprint density at radius 2 is 2.27 bits per heavy atom. The number of nitrogens with zero attached hydrogens (tertiary/aromatic N) is 2. The van der Waals surface area contributed by atoms with Crippen molar-refractivity contribution in [3.05, 3.63) is 39.9 Å². The Labute approximate surface area is 90.1 Å². The van der Waals surface area contributed by atoms with Crippen LogP contribution >= 0.6 is 11.6 Å². The van der Waals surface area contributed by atoms with Crippen LogP contribution in [-0.2, 0) is 11.3 Å². The minimum absolute atomic E-state index is 0.00822. The second-order valence-corrected chi connectivity index (χ2v) is 3.47. The van der Waals surface area contributed by atoms with Crippen molar-refractivity contribution in [2.45, 2.75) is 6.54 Å². The van der Waals surface area contributed by atoms with E-state index >= 15 is 0 Å². The summed E-state index contributed by atoms with van der Waals surface area (Å²) in [5.41, 5.74) is 0.321. The van der Waals surface area contributed by atoms with Gasteiger partial charge < -0.3 is 4.79 Å². The fraction of sp³-hybridized carbons (Fsp3) is 0.100. The van der Waals surface area contributed by atoms with Gasteiger partial charge in [-0.25, -0.2) is 4.98 Å². The number of aldehydes is 1. The number of halogens is 1. The molecular weight excluding hydrogens is 216 g/mol. The Hall–Kier alpha value is -1.68. The first-order valence-corrected chi connectivity index (χ1v) is 4.68. The number of hydrogen-bond donors (Lipinski definition) is 0. The van der Waals surface area contributed by atoms with Crippen molar-refractivity contribution in [1.29, 1.82) is 0 Å². The van der Waals surface area contributed by atoms with E-state index in [1.165, 1.54) is 10.9 Å². The maximum absolute atomic E-state index is 11.8. The second kappa shape index (κ2) is 3.82. The monoisotopic (exact) mass is 222 g/mol. The second-order valence-electron chi connectivity index (χ2n) is 3.03. The Morgan fingerprint density at radius 3 is 3.00 bits per heavy atom. The average Bonchev–Trinajstić information content (AvgIpc) is 2.23. The third kappa shape index (κ3) is 1.76. The van der Waals surface area contributed by atoms with E-state index in [1.54, 1.807) is 18.2 Å². The maximum Gasteiger partial charge on any atom is 0.261 e. The molecule has 15 heavy (non-hydrogen) atoms. The largest absolute Gasteiger partial charge is 0.301 e. The molecule has 0 aliphatic heterocycles. The lowest BCUT2D eigenvalue weighted by molar-refractivity contribution is -0.108. The summed E-state index contributed by atoms with van der Waals surface area (Å²) in [6.07, 6.45) is 2.01. The van der Waals surface area contributed by atoms with Crippen molar-refractivity contribution < 1.29 is 4.79 Å². The molecule has 0 bridgehead atoms. The highest BCUT2D eigenvalue weighted by molar-refractivity contribution is 6.31. The molecule has 0 fully saturated rings. The standard InChI is InChI=1S/C10H7ClN2O2/c11-7-1-2-9-8(5-7)10(15)13(3-4-14)6-12-9/h1-2,4-6H,3H2. The molecule has 0 aliphatic rings. The highest BCUT2D eigenvalue weighted by Crippen LogP contribution is 2.13. The van der Waals surface area contributed by atoms with Gasteiger partial charge in [-0.3, -0.25) is 9.36 Å². The van der Waals surface area contributed by atoms with Crippen LogP contribution in [0.15, 0.2) is 29.3 Å². The van der Waals surface area contributed by atoms with Crippen molar-refractivity contribution in [3.8, 4) is 0 Å². The minimum Gasteiger partial charge on any atom is -0.301 e. The van der Waals surface area contributed by atoms with Gasteiger partial charge in [0.05, 0.1) is 23.8 Å². The number of carbonyl (C=O) groups excluding carboxylic acids is 1. The molecule has 0 radical (unpaired) electrons. The van der Waals surface area contributed by atoms with Crippen LogP contribution in [0.1, 0.15) is 0 Å². The molecule has 0 spiro atoms. The maximum atomic E-state index is 11.8. The first-order valence-electron chi connectivity index (χ1n) is 4.30. The summed E-state index contributed by atoms with van der Waals surface area (Å²) in [5.74, 6) is 0. The third-order valence-corrected chi connectivity index (χ3v) is 2.29. The van der Waals surface area contributed by atoms with Gasteiger partial charge in [-0.15, -0.1) is 0 Å². The number of benzene rings is 1. The molecule has 0 aliphatic carbocycles. The van der Waals surface area contributed by atoms with Crippen LogP contribution in [0.2, 0.25) is 5.02 Å². The number of aromatic nitrogens is 2. The van der Waals surface area contributed by atoms with E-state index in [1.807, 2.05) is 0 Å². The number of rotatable bonds is 2. The van der Waals surface area contributed by atoms with E-state index in [9.17, 15) is 9.59 Å². The van der Waals surface area contributed by atoms with E-state index in [0.717, 1.165) is 0 Å². The van der Waals surface area contributed by atoms with Gasteiger partial charge in [0, 0.05) is 5.02 Å². The van der Waals surface area contributed by atoms with Crippen molar-refractivity contribution in [2.75, 3.05) is 0 Å². The number of carbonyl (C=O) groups is 1. The molecule has 2 aromatic rings. The first kappa shape index (κ1) is 9.86. The van der Waals surface area contributed by atoms with Gasteiger partial charge in [0.25, 0.3) is 5.56 Å². The molecule has 0 amide bonds. The van der Waals surface area contributed by atoms with Crippen LogP contribution in [0.25, 0.3) is 10.9 Å². The SMILES string of the molecule is O=CCn1cnc2ccc(Cl)cc2c1=O. The lowest BCUT2D eigenvalue weighted by atomic mass is 10.2. The normalized spacial score (nSPS) is 10.5. The molecule has 0 N–H and O–H groups in total. The predicted octanol–water partition coefficient (Wildman–Crippen LogP) is 1.25. The summed E-state index contributed by atoms with van der Waals surface area (Å²) in [4.78, 5) is 26.1. The smallest absolute Gasteiger partial charge is 0.261 e. The zero-order chi connectivity index (χ0) is 10.8. The van der Waals surface area contributed by atoms with Crippen molar-refractivity contribution in [1.82, 2.24) is 9.55 Å². The molecule has 1 aromatic heterocycles. The zero-order valence-corrected chi connectivity index (χ0v) is 8.44. The van der Waals surface area contributed by atoms with Crippen molar-refractivity contribution >= 4 is 28.8 Å². The summed E-state index contributed by atoms with van der Waals surface area (Å²) in [6.45, 7) is 0.00822. The number of fused-ring (bicyclic) bond motifs is 1. The average molecular weight is 223 g/mol. The third-order valence-electron chi connectivity index (χ3n) is 2.06. The molecular formula is C10H7ClN2O2. The van der Waals surface area contributed by atoms with E-state index in [0.29, 0.717) is 22.2 Å². The van der Waals surface area contributed by atoms with Gasteiger partial charge in [-0.05, 0) is 18.2 Å². The molecule has 0 unspecified atom stereocenters. The van der Waals surface area contributed by atoms with Crippen molar-refractivity contribution in [2.24, 2.45) is 0 Å². The van der Waals surface area contributed by atoms with E-state index in [2.05, 4.69) is 4.98 Å². The van der Waals surface area contributed by atoms with Crippen LogP contribution in [-0.4, -0.2) is 15.8 Å². The summed E-state index contributed by atoms with van der Waals surface area (Å²) in [6, 6.07) is 4.89. The quantitative estimate of drug-likeness (QED) is 0.719. The van der Waals surface area contributed by atoms with Crippen LogP contribution < -0.4 is 5.56 Å². The summed E-state index contributed by atoms with van der Waals surface area (Å²) in [5, 5.41) is 0.900. The van der Waals surface area contributed by atoms with Gasteiger partial charge in [-0.1, -0.05) is 11.6 Å². The van der Waals surface area contributed by atoms with E-state index in [4.69, 9.17) is 11.6 Å². The van der Waals surface area contributed by atoms with Crippen LogP contribution in [0.4, 0.5) is 0 Å². The topological polar surface area (TPSA) is 52.0 Å². The Morgan fingerprint density at radius 1 is 1.47 bits per heavy atom. The molecule has 0 atom stereocenters. The Bertz CT molecular complexity index is 577. The molecule has 4 nitrogen and oxygen atoms in total. The van der Waals surface area contributed by atoms with Gasteiger partial charge >= 0.3 is 0 Å². The van der Waals surface area contributed by atoms with Crippen LogP contribution in [0.3, 0.4) is 0 Å². The summed E-state index contributed by atoms with van der Waals surface area (Å²) in [7, 11) is 0. The summed E-state index contributed by atoms with van der Waals surface area (Å²) < 4.78 is 1.24. The van der Waals surface area contributed by atoms with Gasteiger partial charge in [0.15, 0.2) is 0 Å². The summed E-state index contributed by atoms with van der Waals surface area (Å²) >= 11 is 5.77. The zero-order valence-electron chi connectivity index (χ0n) is 7.68. The van der Waals surface area contributed by atoms with Gasteiger partial charge in [0.2, 0.25) is 0 Å². The fourth-order valence-corrected chi connectivity index (χ4v) is 1.51. The van der Waals surface area contributed by atoms with Crippen LogP contribution in [0.5, 0.6) is 0 Å². The predicted molar refractivity (Wildman–Crippen MR) is 57.1 cm³/mol. The highest BCUT2D eigenvalue weighted by atomic mass is 35.5. The van der Waals surface area contributed by atoms with E-state index in [-0.39, 0.29) is 12.1 Å².